The van der Waals surface area contributed by atoms with Crippen LogP contribution in [0.2, 0.25) is 0 Å². The first-order valence-corrected chi connectivity index (χ1v) is 5.09. The molecule has 0 saturated heterocycles. The number of hydrogen-bond acceptors (Lipinski definition) is 1. The van der Waals surface area contributed by atoms with Gasteiger partial charge in [0.1, 0.15) is 0 Å². The second-order valence-corrected chi connectivity index (χ2v) is 4.61. The van der Waals surface area contributed by atoms with E-state index in [0.717, 1.165) is 5.56 Å². The van der Waals surface area contributed by atoms with Gasteiger partial charge in [-0.15, -0.1) is 0 Å². The van der Waals surface area contributed by atoms with Crippen molar-refractivity contribution in [3.63, 3.8) is 0 Å². The third-order valence-electron chi connectivity index (χ3n) is 2.37. The lowest BCUT2D eigenvalue weighted by Crippen LogP contribution is -2.12. The Labute approximate surface area is 93.5 Å². The number of rotatable bonds is 2. The summed E-state index contributed by atoms with van der Waals surface area (Å²) in [7, 11) is 0. The number of carbonyl (C=O) groups is 1. The molecule has 0 fully saturated rings. The molecule has 1 aromatic rings. The minimum absolute atomic E-state index is 0. The molecule has 0 radical (unpaired) electrons. The second-order valence-electron chi connectivity index (χ2n) is 4.61. The summed E-state index contributed by atoms with van der Waals surface area (Å²) in [5.74, 6) is 0.219. The molecule has 1 heteroatoms. The molecule has 0 atom stereocenters. The van der Waals surface area contributed by atoms with E-state index in [4.69, 9.17) is 0 Å². The molecule has 0 N–H and O–H groups in total. The van der Waals surface area contributed by atoms with Crippen molar-refractivity contribution < 1.29 is 4.79 Å². The highest BCUT2D eigenvalue weighted by atomic mass is 16.1. The predicted octanol–water partition coefficient (Wildman–Crippen LogP) is 4.21. The molecule has 15 heavy (non-hydrogen) atoms. The van der Waals surface area contributed by atoms with Crippen LogP contribution in [0.4, 0.5) is 0 Å². The van der Waals surface area contributed by atoms with E-state index in [1.54, 1.807) is 0 Å². The van der Waals surface area contributed by atoms with Crippen LogP contribution < -0.4 is 0 Å². The maximum absolute atomic E-state index is 11.5. The van der Waals surface area contributed by atoms with Gasteiger partial charge in [-0.25, -0.2) is 0 Å². The Kier molecular flexibility index (Phi) is 4.73. The lowest BCUT2D eigenvalue weighted by molar-refractivity contribution is 0.0988. The highest BCUT2D eigenvalue weighted by Crippen LogP contribution is 2.23. The molecule has 0 bridgehead atoms. The van der Waals surface area contributed by atoms with E-state index in [2.05, 4.69) is 26.8 Å². The summed E-state index contributed by atoms with van der Waals surface area (Å²) in [5.41, 5.74) is 2.17. The van der Waals surface area contributed by atoms with Gasteiger partial charge in [0.05, 0.1) is 0 Å². The molecule has 0 amide bonds. The van der Waals surface area contributed by atoms with Gasteiger partial charge < -0.3 is 0 Å². The van der Waals surface area contributed by atoms with Gasteiger partial charge in [-0.05, 0) is 17.0 Å². The average molecular weight is 206 g/mol. The maximum Gasteiger partial charge on any atom is 0.162 e. The average Bonchev–Trinajstić information content (AvgIpc) is 2.15. The van der Waals surface area contributed by atoms with Crippen LogP contribution in [0.15, 0.2) is 24.3 Å². The summed E-state index contributed by atoms with van der Waals surface area (Å²) in [6.45, 7) is 8.36. The highest BCUT2D eigenvalue weighted by Gasteiger charge is 2.14. The standard InChI is InChI=1S/C13H18O.CH4/c1-5-12(14)10-7-6-8-11(9-10)13(2,3)4;/h6-9H,5H2,1-4H3;1H4. The molecule has 0 unspecified atom stereocenters. The van der Waals surface area contributed by atoms with Crippen molar-refractivity contribution >= 4 is 5.78 Å². The molecule has 1 nitrogen and oxygen atoms in total. The maximum atomic E-state index is 11.5. The zero-order valence-corrected chi connectivity index (χ0v) is 9.42. The fourth-order valence-electron chi connectivity index (χ4n) is 1.36. The topological polar surface area (TPSA) is 17.1 Å². The van der Waals surface area contributed by atoms with E-state index in [1.807, 2.05) is 25.1 Å². The van der Waals surface area contributed by atoms with Gasteiger partial charge >= 0.3 is 0 Å². The van der Waals surface area contributed by atoms with Crippen LogP contribution >= 0.6 is 0 Å². The summed E-state index contributed by atoms with van der Waals surface area (Å²) in [4.78, 5) is 11.5. The number of benzene rings is 1. The first kappa shape index (κ1) is 13.9. The van der Waals surface area contributed by atoms with Crippen LogP contribution in [-0.2, 0) is 5.41 Å². The van der Waals surface area contributed by atoms with Gasteiger partial charge in [0.2, 0.25) is 0 Å². The van der Waals surface area contributed by atoms with Crippen molar-refractivity contribution in [3.05, 3.63) is 35.4 Å². The van der Waals surface area contributed by atoms with Gasteiger partial charge in [-0.2, -0.15) is 0 Å². The van der Waals surface area contributed by atoms with E-state index < -0.39 is 0 Å². The summed E-state index contributed by atoms with van der Waals surface area (Å²) >= 11 is 0. The van der Waals surface area contributed by atoms with Crippen molar-refractivity contribution in [2.24, 2.45) is 0 Å². The fraction of sp³-hybridized carbons (Fsp3) is 0.500. The van der Waals surface area contributed by atoms with Gasteiger partial charge in [-0.3, -0.25) is 4.79 Å². The zero-order chi connectivity index (χ0) is 10.8. The summed E-state index contributed by atoms with van der Waals surface area (Å²) in [6, 6.07) is 7.93. The van der Waals surface area contributed by atoms with Crippen molar-refractivity contribution in [3.8, 4) is 0 Å². The Balaban J connectivity index is 0.00000196. The van der Waals surface area contributed by atoms with E-state index in [0.29, 0.717) is 6.42 Å². The first-order valence-electron chi connectivity index (χ1n) is 5.09. The third kappa shape index (κ3) is 3.50. The van der Waals surface area contributed by atoms with Crippen molar-refractivity contribution in [1.82, 2.24) is 0 Å². The molecule has 0 aliphatic heterocycles. The zero-order valence-electron chi connectivity index (χ0n) is 9.42. The van der Waals surface area contributed by atoms with Gasteiger partial charge in [0, 0.05) is 12.0 Å². The lowest BCUT2D eigenvalue weighted by Gasteiger charge is -2.19. The molecule has 1 rings (SSSR count). The normalized spacial score (nSPS) is 10.7. The summed E-state index contributed by atoms with van der Waals surface area (Å²) in [5, 5.41) is 0. The van der Waals surface area contributed by atoms with Crippen LogP contribution in [0.1, 0.15) is 57.5 Å². The van der Waals surface area contributed by atoms with Crippen molar-refractivity contribution in [2.45, 2.75) is 47.0 Å². The molecule has 0 aromatic heterocycles. The Hall–Kier alpha value is -1.11. The Morgan fingerprint density at radius 2 is 1.87 bits per heavy atom. The number of ketones is 1. The van der Waals surface area contributed by atoms with E-state index in [1.165, 1.54) is 5.56 Å². The highest BCUT2D eigenvalue weighted by molar-refractivity contribution is 5.96. The Morgan fingerprint density at radius 3 is 2.33 bits per heavy atom. The first-order chi connectivity index (χ1) is 6.45. The van der Waals surface area contributed by atoms with Crippen LogP contribution in [-0.4, -0.2) is 5.78 Å². The molecule has 0 saturated carbocycles. The van der Waals surface area contributed by atoms with Crippen molar-refractivity contribution in [1.29, 1.82) is 0 Å². The van der Waals surface area contributed by atoms with Crippen LogP contribution in [0.25, 0.3) is 0 Å². The van der Waals surface area contributed by atoms with Crippen LogP contribution in [0.5, 0.6) is 0 Å². The SMILES string of the molecule is C.CCC(=O)c1cccc(C(C)(C)C)c1. The minimum Gasteiger partial charge on any atom is -0.294 e. The van der Waals surface area contributed by atoms with Gasteiger partial charge in [-0.1, -0.05) is 53.3 Å². The molecule has 0 spiro atoms. The van der Waals surface area contributed by atoms with Crippen molar-refractivity contribution in [2.75, 3.05) is 0 Å². The molecule has 0 aliphatic carbocycles. The molecule has 1 aromatic carbocycles. The van der Waals surface area contributed by atoms with Gasteiger partial charge in [0.15, 0.2) is 5.78 Å². The molecule has 0 aliphatic rings. The third-order valence-corrected chi connectivity index (χ3v) is 2.37. The van der Waals surface area contributed by atoms with E-state index in [9.17, 15) is 4.79 Å². The summed E-state index contributed by atoms with van der Waals surface area (Å²) < 4.78 is 0. The predicted molar refractivity (Wildman–Crippen MR) is 66.5 cm³/mol. The minimum atomic E-state index is 0. The quantitative estimate of drug-likeness (QED) is 0.662. The lowest BCUT2D eigenvalue weighted by atomic mass is 9.86. The van der Waals surface area contributed by atoms with E-state index in [-0.39, 0.29) is 18.6 Å². The van der Waals surface area contributed by atoms with Crippen LogP contribution in [0.3, 0.4) is 0 Å². The number of hydrogen-bond donors (Lipinski definition) is 0. The summed E-state index contributed by atoms with van der Waals surface area (Å²) in [6.07, 6.45) is 0.577. The molecule has 0 heterocycles. The molecule has 84 valence electrons. The smallest absolute Gasteiger partial charge is 0.162 e. The van der Waals surface area contributed by atoms with E-state index >= 15 is 0 Å². The van der Waals surface area contributed by atoms with Crippen LogP contribution in [0, 0.1) is 0 Å². The second kappa shape index (κ2) is 5.11. The monoisotopic (exact) mass is 206 g/mol. The Morgan fingerprint density at radius 1 is 1.27 bits per heavy atom. The number of Topliss-reactive ketones (excluding diaryl/α,β-unsaturated/α-hetero) is 1. The molecular formula is C14H22O. The number of carbonyl (C=O) groups excluding carboxylic acids is 1. The largest absolute Gasteiger partial charge is 0.294 e. The fourth-order valence-corrected chi connectivity index (χ4v) is 1.36. The molecular weight excluding hydrogens is 184 g/mol. The Bertz CT molecular complexity index is 331. The van der Waals surface area contributed by atoms with Gasteiger partial charge in [0.25, 0.3) is 0 Å².